The van der Waals surface area contributed by atoms with Crippen LogP contribution in [0.25, 0.3) is 0 Å². The number of benzene rings is 3. The highest BCUT2D eigenvalue weighted by Crippen LogP contribution is 2.28. The van der Waals surface area contributed by atoms with Crippen LogP contribution >= 0.6 is 0 Å². The number of ether oxygens (including phenoxy) is 1. The quantitative estimate of drug-likeness (QED) is 0.281. The average Bonchev–Trinajstić information content (AvgIpc) is 3.38. The Kier molecular flexibility index (Phi) is 6.64. The first kappa shape index (κ1) is 24.1. The van der Waals surface area contributed by atoms with Crippen molar-refractivity contribution in [1.29, 1.82) is 0 Å². The second-order valence-corrected chi connectivity index (χ2v) is 8.79. The van der Waals surface area contributed by atoms with E-state index in [1.807, 2.05) is 18.2 Å². The van der Waals surface area contributed by atoms with Crippen molar-refractivity contribution in [1.82, 2.24) is 15.0 Å². The van der Waals surface area contributed by atoms with Gasteiger partial charge in [0.15, 0.2) is 17.9 Å². The van der Waals surface area contributed by atoms with Gasteiger partial charge in [-0.25, -0.2) is 4.68 Å². The van der Waals surface area contributed by atoms with Crippen LogP contribution in [0.15, 0.2) is 66.9 Å². The summed E-state index contributed by atoms with van der Waals surface area (Å²) >= 11 is 0. The molecule has 8 nitrogen and oxygen atoms in total. The van der Waals surface area contributed by atoms with Gasteiger partial charge in [-0.05, 0) is 43.7 Å². The Morgan fingerprint density at radius 3 is 2.30 bits per heavy atom. The first-order valence-electron chi connectivity index (χ1n) is 12.2. The van der Waals surface area contributed by atoms with Gasteiger partial charge in [0, 0.05) is 47.1 Å². The van der Waals surface area contributed by atoms with E-state index in [9.17, 15) is 14.4 Å². The Bertz CT molecular complexity index is 1500. The lowest BCUT2D eigenvalue weighted by Gasteiger charge is -2.22. The van der Waals surface area contributed by atoms with E-state index in [2.05, 4.69) is 29.1 Å². The lowest BCUT2D eigenvalue weighted by Crippen LogP contribution is -2.21. The maximum absolute atomic E-state index is 13.0. The van der Waals surface area contributed by atoms with Gasteiger partial charge in [-0.3, -0.25) is 14.4 Å². The smallest absolute Gasteiger partial charge is 0.194 e. The third kappa shape index (κ3) is 4.65. The van der Waals surface area contributed by atoms with E-state index >= 15 is 0 Å². The lowest BCUT2D eigenvalue weighted by atomic mass is 9.83. The van der Waals surface area contributed by atoms with Crippen molar-refractivity contribution in [3.05, 3.63) is 106 Å². The van der Waals surface area contributed by atoms with Crippen molar-refractivity contribution in [3.8, 4) is 5.75 Å². The fourth-order valence-electron chi connectivity index (χ4n) is 4.60. The molecule has 0 saturated heterocycles. The zero-order chi connectivity index (χ0) is 25.9. The number of anilines is 1. The molecule has 5 rings (SSSR count). The minimum atomic E-state index is -0.155. The van der Waals surface area contributed by atoms with Crippen molar-refractivity contribution in [2.45, 2.75) is 27.0 Å². The molecule has 1 heterocycles. The van der Waals surface area contributed by atoms with Gasteiger partial charge in [0.05, 0.1) is 18.3 Å². The molecule has 0 atom stereocenters. The van der Waals surface area contributed by atoms with Crippen LogP contribution in [0.1, 0.15) is 67.3 Å². The first-order chi connectivity index (χ1) is 18.0. The molecule has 1 aliphatic rings. The summed E-state index contributed by atoms with van der Waals surface area (Å²) in [6.45, 7) is 6.37. The maximum atomic E-state index is 13.0. The molecule has 0 fully saturated rings. The van der Waals surface area contributed by atoms with Crippen LogP contribution in [0.5, 0.6) is 5.75 Å². The third-order valence-electron chi connectivity index (χ3n) is 6.55. The molecule has 1 aromatic heterocycles. The molecule has 0 N–H and O–H groups in total. The molecule has 8 heteroatoms. The van der Waals surface area contributed by atoms with E-state index in [-0.39, 0.29) is 18.2 Å². The van der Waals surface area contributed by atoms with Crippen molar-refractivity contribution in [3.63, 3.8) is 0 Å². The van der Waals surface area contributed by atoms with Gasteiger partial charge in [-0.2, -0.15) is 0 Å². The molecule has 0 radical (unpaired) electrons. The average molecular weight is 495 g/mol. The topological polar surface area (TPSA) is 94.4 Å². The Labute approximate surface area is 214 Å². The summed E-state index contributed by atoms with van der Waals surface area (Å²) in [5.74, 6) is 0.196. The number of rotatable bonds is 9. The van der Waals surface area contributed by atoms with Crippen molar-refractivity contribution < 1.29 is 19.1 Å². The maximum Gasteiger partial charge on any atom is 0.194 e. The van der Waals surface area contributed by atoms with Crippen LogP contribution in [0, 0.1) is 0 Å². The predicted molar refractivity (Wildman–Crippen MR) is 139 cm³/mol. The molecule has 186 valence electrons. The van der Waals surface area contributed by atoms with Gasteiger partial charge < -0.3 is 9.64 Å². The fourth-order valence-corrected chi connectivity index (χ4v) is 4.60. The Morgan fingerprint density at radius 2 is 1.59 bits per heavy atom. The van der Waals surface area contributed by atoms with Crippen molar-refractivity contribution in [2.75, 3.05) is 18.0 Å². The fraction of sp³-hybridized carbons (Fsp3) is 0.207. The van der Waals surface area contributed by atoms with Gasteiger partial charge in [0.25, 0.3) is 0 Å². The van der Waals surface area contributed by atoms with Crippen molar-refractivity contribution >= 4 is 23.5 Å². The summed E-state index contributed by atoms with van der Waals surface area (Å²) in [6.07, 6.45) is 2.54. The highest BCUT2D eigenvalue weighted by molar-refractivity contribution is 6.28. The molecule has 0 spiro atoms. The summed E-state index contributed by atoms with van der Waals surface area (Å²) in [7, 11) is 0. The molecule has 37 heavy (non-hydrogen) atoms. The number of aldehydes is 1. The van der Waals surface area contributed by atoms with E-state index < -0.39 is 0 Å². The SMILES string of the molecule is CCN(CC)c1ccc(C=O)c(OCc2cn(Cc3ccc4c(c3)C(=O)c3ccccc3C4=O)nn2)c1. The largest absolute Gasteiger partial charge is 0.486 e. The standard InChI is InChI=1S/C29H26N4O4/c1-3-32(4-2)22-11-10-20(17-34)27(14-22)37-18-21-16-33(31-30-21)15-19-9-12-25-26(13-19)29(36)24-8-6-5-7-23(24)28(25)35/h5-14,16-17H,3-4,15,18H2,1-2H3. The molecular formula is C29H26N4O4. The normalized spacial score (nSPS) is 12.2. The summed E-state index contributed by atoms with van der Waals surface area (Å²) in [5.41, 5.74) is 4.56. The number of aromatic nitrogens is 3. The van der Waals surface area contributed by atoms with Gasteiger partial charge >= 0.3 is 0 Å². The van der Waals surface area contributed by atoms with Crippen LogP contribution < -0.4 is 9.64 Å². The number of nitrogens with zero attached hydrogens (tertiary/aromatic N) is 4. The van der Waals surface area contributed by atoms with Gasteiger partial charge in [-0.1, -0.05) is 35.5 Å². The summed E-state index contributed by atoms with van der Waals surface area (Å²) in [6, 6.07) is 17.7. The Balaban J connectivity index is 1.30. The Morgan fingerprint density at radius 1 is 0.892 bits per heavy atom. The number of carbonyl (C=O) groups excluding carboxylic acids is 3. The number of ketones is 2. The monoisotopic (exact) mass is 494 g/mol. The molecule has 4 aromatic rings. The predicted octanol–water partition coefficient (Wildman–Crippen LogP) is 4.34. The summed E-state index contributed by atoms with van der Waals surface area (Å²) in [5, 5.41) is 8.36. The molecule has 1 aliphatic carbocycles. The zero-order valence-corrected chi connectivity index (χ0v) is 20.7. The van der Waals surface area contributed by atoms with E-state index in [0.29, 0.717) is 45.8 Å². The number of hydrogen-bond acceptors (Lipinski definition) is 7. The van der Waals surface area contributed by atoms with Crippen LogP contribution in [0.3, 0.4) is 0 Å². The molecule has 0 bridgehead atoms. The summed E-state index contributed by atoms with van der Waals surface area (Å²) in [4.78, 5) is 39.5. The molecule has 0 saturated carbocycles. The van der Waals surface area contributed by atoms with Gasteiger partial charge in [0.2, 0.25) is 0 Å². The minimum Gasteiger partial charge on any atom is -0.486 e. The molecular weight excluding hydrogens is 468 g/mol. The first-order valence-corrected chi connectivity index (χ1v) is 12.2. The van der Waals surface area contributed by atoms with E-state index in [1.54, 1.807) is 53.3 Å². The second kappa shape index (κ2) is 10.2. The van der Waals surface area contributed by atoms with Crippen LogP contribution in [-0.2, 0) is 13.2 Å². The third-order valence-corrected chi connectivity index (χ3v) is 6.55. The van der Waals surface area contributed by atoms with E-state index in [1.165, 1.54) is 0 Å². The minimum absolute atomic E-state index is 0.142. The zero-order valence-electron chi connectivity index (χ0n) is 20.7. The van der Waals surface area contributed by atoms with Crippen molar-refractivity contribution in [2.24, 2.45) is 0 Å². The molecule has 0 unspecified atom stereocenters. The number of carbonyl (C=O) groups is 3. The highest BCUT2D eigenvalue weighted by Gasteiger charge is 2.29. The van der Waals surface area contributed by atoms with Gasteiger partial charge in [0.1, 0.15) is 18.1 Å². The molecule has 0 aliphatic heterocycles. The Hall–Kier alpha value is -4.59. The molecule has 0 amide bonds. The number of fused-ring (bicyclic) bond motifs is 2. The van der Waals surface area contributed by atoms with E-state index in [0.717, 1.165) is 30.6 Å². The highest BCUT2D eigenvalue weighted by atomic mass is 16.5. The van der Waals surface area contributed by atoms with Crippen LogP contribution in [-0.4, -0.2) is 45.9 Å². The van der Waals surface area contributed by atoms with E-state index in [4.69, 9.17) is 4.74 Å². The van der Waals surface area contributed by atoms with Crippen LogP contribution in [0.4, 0.5) is 5.69 Å². The lowest BCUT2D eigenvalue weighted by molar-refractivity contribution is 0.0979. The van der Waals surface area contributed by atoms with Crippen LogP contribution in [0.2, 0.25) is 0 Å². The summed E-state index contributed by atoms with van der Waals surface area (Å²) < 4.78 is 7.58. The van der Waals surface area contributed by atoms with Gasteiger partial charge in [-0.15, -0.1) is 5.10 Å². The number of hydrogen-bond donors (Lipinski definition) is 0. The second-order valence-electron chi connectivity index (χ2n) is 8.79. The molecule has 3 aromatic carbocycles.